The smallest absolute Gasteiger partial charge is 0.182 e. The van der Waals surface area contributed by atoms with Crippen molar-refractivity contribution < 1.29 is 18.3 Å². The first-order valence-corrected chi connectivity index (χ1v) is 7.96. The zero-order valence-corrected chi connectivity index (χ0v) is 13.0. The molecule has 0 amide bonds. The van der Waals surface area contributed by atoms with Crippen molar-refractivity contribution in [3.05, 3.63) is 48.3 Å². The maximum absolute atomic E-state index is 6.05. The standard InChI is InChI=1S/C18H22O4/c1-19-18(20-2)16(12-6-8-21-10-12)14-4-3-5-15(14)17(18)13-7-9-22-11-13/h6-11,14-17H,3-5H2,1-2H3. The predicted octanol–water partition coefficient (Wildman–Crippen LogP) is 4.16. The van der Waals surface area contributed by atoms with E-state index in [1.807, 2.05) is 24.7 Å². The molecule has 0 spiro atoms. The van der Waals surface area contributed by atoms with Gasteiger partial charge in [0.1, 0.15) is 0 Å². The first kappa shape index (κ1) is 14.1. The van der Waals surface area contributed by atoms with Gasteiger partial charge >= 0.3 is 0 Å². The Balaban J connectivity index is 1.87. The van der Waals surface area contributed by atoms with Crippen molar-refractivity contribution >= 4 is 0 Å². The molecule has 2 heterocycles. The van der Waals surface area contributed by atoms with Crippen LogP contribution in [0.1, 0.15) is 42.2 Å². The van der Waals surface area contributed by atoms with Crippen molar-refractivity contribution in [2.45, 2.75) is 36.9 Å². The van der Waals surface area contributed by atoms with Crippen LogP contribution >= 0.6 is 0 Å². The van der Waals surface area contributed by atoms with Gasteiger partial charge in [0.15, 0.2) is 5.79 Å². The minimum Gasteiger partial charge on any atom is -0.472 e. The largest absolute Gasteiger partial charge is 0.472 e. The molecular weight excluding hydrogens is 280 g/mol. The van der Waals surface area contributed by atoms with E-state index < -0.39 is 5.79 Å². The average molecular weight is 302 g/mol. The highest BCUT2D eigenvalue weighted by Gasteiger charge is 2.63. The van der Waals surface area contributed by atoms with Crippen LogP contribution in [0.15, 0.2) is 46.0 Å². The average Bonchev–Trinajstić information content (AvgIpc) is 3.29. The molecule has 4 atom stereocenters. The molecule has 2 aromatic heterocycles. The Labute approximate surface area is 130 Å². The summed E-state index contributed by atoms with van der Waals surface area (Å²) >= 11 is 0. The first-order chi connectivity index (χ1) is 10.8. The molecule has 4 rings (SSSR count). The Morgan fingerprint density at radius 3 is 1.77 bits per heavy atom. The number of ether oxygens (including phenoxy) is 2. The molecule has 0 bridgehead atoms. The van der Waals surface area contributed by atoms with E-state index in [1.165, 1.54) is 30.4 Å². The Bertz CT molecular complexity index is 547. The number of hydrogen-bond acceptors (Lipinski definition) is 4. The summed E-state index contributed by atoms with van der Waals surface area (Å²) in [6.07, 6.45) is 10.8. The van der Waals surface area contributed by atoms with Crippen molar-refractivity contribution in [2.75, 3.05) is 14.2 Å². The fourth-order valence-corrected chi connectivity index (χ4v) is 5.09. The van der Waals surface area contributed by atoms with Crippen molar-refractivity contribution in [1.29, 1.82) is 0 Å². The van der Waals surface area contributed by atoms with E-state index in [1.54, 1.807) is 26.7 Å². The van der Waals surface area contributed by atoms with Gasteiger partial charge in [0.2, 0.25) is 0 Å². The third-order valence-corrected chi connectivity index (χ3v) is 5.79. The fraction of sp³-hybridized carbons (Fsp3) is 0.556. The topological polar surface area (TPSA) is 44.7 Å². The van der Waals surface area contributed by atoms with Gasteiger partial charge < -0.3 is 18.3 Å². The number of fused-ring (bicyclic) bond motifs is 1. The number of furan rings is 2. The molecule has 22 heavy (non-hydrogen) atoms. The van der Waals surface area contributed by atoms with Crippen molar-refractivity contribution in [3.8, 4) is 0 Å². The van der Waals surface area contributed by atoms with Gasteiger partial charge in [-0.1, -0.05) is 6.42 Å². The van der Waals surface area contributed by atoms with Crippen LogP contribution in [0, 0.1) is 11.8 Å². The zero-order chi connectivity index (χ0) is 15.2. The highest BCUT2D eigenvalue weighted by atomic mass is 16.7. The van der Waals surface area contributed by atoms with Gasteiger partial charge in [-0.15, -0.1) is 0 Å². The van der Waals surface area contributed by atoms with E-state index >= 15 is 0 Å². The van der Waals surface area contributed by atoms with Crippen molar-refractivity contribution in [1.82, 2.24) is 0 Å². The van der Waals surface area contributed by atoms with Gasteiger partial charge in [-0.25, -0.2) is 0 Å². The van der Waals surface area contributed by atoms with E-state index in [0.29, 0.717) is 11.8 Å². The number of rotatable bonds is 4. The second-order valence-corrected chi connectivity index (χ2v) is 6.46. The Hall–Kier alpha value is -1.52. The molecule has 0 aliphatic heterocycles. The first-order valence-electron chi connectivity index (χ1n) is 7.96. The monoisotopic (exact) mass is 302 g/mol. The van der Waals surface area contributed by atoms with E-state index in [4.69, 9.17) is 18.3 Å². The Morgan fingerprint density at radius 1 is 0.909 bits per heavy atom. The van der Waals surface area contributed by atoms with Gasteiger partial charge in [0, 0.05) is 26.1 Å². The number of hydrogen-bond donors (Lipinski definition) is 0. The molecule has 2 saturated carbocycles. The van der Waals surface area contributed by atoms with Crippen LogP contribution in [0.3, 0.4) is 0 Å². The highest BCUT2D eigenvalue weighted by molar-refractivity contribution is 5.32. The molecule has 0 saturated heterocycles. The van der Waals surface area contributed by atoms with Crippen LogP contribution in [0.2, 0.25) is 0 Å². The van der Waals surface area contributed by atoms with Crippen molar-refractivity contribution in [2.24, 2.45) is 11.8 Å². The molecule has 4 heteroatoms. The fourth-order valence-electron chi connectivity index (χ4n) is 5.09. The maximum Gasteiger partial charge on any atom is 0.182 e. The summed E-state index contributed by atoms with van der Waals surface area (Å²) in [5, 5.41) is 0. The van der Waals surface area contributed by atoms with Crippen LogP contribution < -0.4 is 0 Å². The summed E-state index contributed by atoms with van der Waals surface area (Å²) in [6.45, 7) is 0. The summed E-state index contributed by atoms with van der Waals surface area (Å²) < 4.78 is 22.8. The van der Waals surface area contributed by atoms with Crippen LogP contribution in [-0.2, 0) is 9.47 Å². The highest BCUT2D eigenvalue weighted by Crippen LogP contribution is 2.64. The second-order valence-electron chi connectivity index (χ2n) is 6.46. The van der Waals surface area contributed by atoms with Crippen LogP contribution in [0.4, 0.5) is 0 Å². The van der Waals surface area contributed by atoms with E-state index in [9.17, 15) is 0 Å². The molecule has 0 aromatic carbocycles. The molecule has 4 nitrogen and oxygen atoms in total. The van der Waals surface area contributed by atoms with E-state index in [0.717, 1.165) is 0 Å². The Morgan fingerprint density at radius 2 is 1.41 bits per heavy atom. The quantitative estimate of drug-likeness (QED) is 0.796. The van der Waals surface area contributed by atoms with Gasteiger partial charge in [0.25, 0.3) is 0 Å². The molecule has 2 aliphatic rings. The van der Waals surface area contributed by atoms with E-state index in [2.05, 4.69) is 0 Å². The van der Waals surface area contributed by atoms with Gasteiger partial charge in [-0.05, 0) is 47.9 Å². The lowest BCUT2D eigenvalue weighted by molar-refractivity contribution is -0.226. The lowest BCUT2D eigenvalue weighted by Gasteiger charge is -2.39. The minimum atomic E-state index is -0.663. The molecule has 118 valence electrons. The lowest BCUT2D eigenvalue weighted by Crippen LogP contribution is -2.43. The van der Waals surface area contributed by atoms with Gasteiger partial charge in [-0.2, -0.15) is 0 Å². The summed E-state index contributed by atoms with van der Waals surface area (Å²) in [4.78, 5) is 0. The molecule has 0 radical (unpaired) electrons. The predicted molar refractivity (Wildman–Crippen MR) is 80.5 cm³/mol. The van der Waals surface area contributed by atoms with Crippen molar-refractivity contribution in [3.63, 3.8) is 0 Å². The minimum absolute atomic E-state index is 0.189. The SMILES string of the molecule is COC1(OC)C(c2ccoc2)C2CCCC2C1c1ccoc1. The van der Waals surface area contributed by atoms with Crippen LogP contribution in [-0.4, -0.2) is 20.0 Å². The molecule has 2 aromatic rings. The van der Waals surface area contributed by atoms with Gasteiger partial charge in [-0.3, -0.25) is 0 Å². The third kappa shape index (κ3) is 1.77. The zero-order valence-electron chi connectivity index (χ0n) is 13.0. The molecular formula is C18H22O4. The molecule has 4 unspecified atom stereocenters. The molecule has 2 fully saturated rings. The molecule has 2 aliphatic carbocycles. The Kier molecular flexibility index (Phi) is 3.39. The number of methoxy groups -OCH3 is 2. The van der Waals surface area contributed by atoms with E-state index in [-0.39, 0.29) is 11.8 Å². The molecule has 0 N–H and O–H groups in total. The summed E-state index contributed by atoms with van der Waals surface area (Å²) in [5.41, 5.74) is 2.35. The summed E-state index contributed by atoms with van der Waals surface area (Å²) in [5.74, 6) is 0.820. The normalized spacial score (nSPS) is 33.2. The third-order valence-electron chi connectivity index (χ3n) is 5.79. The summed E-state index contributed by atoms with van der Waals surface area (Å²) in [7, 11) is 3.51. The maximum atomic E-state index is 6.05. The summed E-state index contributed by atoms with van der Waals surface area (Å²) in [6, 6.07) is 4.09. The van der Waals surface area contributed by atoms with Crippen LogP contribution in [0.5, 0.6) is 0 Å². The lowest BCUT2D eigenvalue weighted by atomic mass is 9.84. The van der Waals surface area contributed by atoms with Crippen LogP contribution in [0.25, 0.3) is 0 Å². The van der Waals surface area contributed by atoms with Gasteiger partial charge in [0.05, 0.1) is 25.1 Å². The second kappa shape index (κ2) is 5.28.